The van der Waals surface area contributed by atoms with Gasteiger partial charge in [-0.1, -0.05) is 23.9 Å². The molecule has 0 aliphatic carbocycles. The quantitative estimate of drug-likeness (QED) is 0.260. The number of fused-ring (bicyclic) bond motifs is 2. The summed E-state index contributed by atoms with van der Waals surface area (Å²) in [4.78, 5) is 38.0. The van der Waals surface area contributed by atoms with Gasteiger partial charge in [0.25, 0.3) is 11.2 Å². The summed E-state index contributed by atoms with van der Waals surface area (Å²) < 4.78 is 1.76. The Morgan fingerprint density at radius 3 is 2.68 bits per heavy atom. The number of nitro benzene ring substituents is 1. The molecule has 154 valence electrons. The third-order valence-electron chi connectivity index (χ3n) is 4.94. The normalized spacial score (nSPS) is 11.4. The summed E-state index contributed by atoms with van der Waals surface area (Å²) in [6.45, 7) is 3.84. The maximum absolute atomic E-state index is 12.6. The van der Waals surface area contributed by atoms with Gasteiger partial charge in [0, 0.05) is 16.5 Å². The zero-order valence-corrected chi connectivity index (χ0v) is 18.8. The minimum atomic E-state index is -0.421. The molecule has 0 radical (unpaired) electrons. The molecule has 5 aromatic rings. The van der Waals surface area contributed by atoms with Gasteiger partial charge in [-0.15, -0.1) is 22.7 Å². The van der Waals surface area contributed by atoms with Crippen molar-refractivity contribution in [2.45, 2.75) is 23.1 Å². The van der Waals surface area contributed by atoms with Crippen molar-refractivity contribution >= 4 is 60.6 Å². The molecule has 1 N–H and O–H groups in total. The van der Waals surface area contributed by atoms with Crippen molar-refractivity contribution in [1.29, 1.82) is 0 Å². The number of H-pyrrole nitrogens is 1. The van der Waals surface area contributed by atoms with Gasteiger partial charge in [0.15, 0.2) is 4.34 Å². The molecule has 0 fully saturated rings. The van der Waals surface area contributed by atoms with Gasteiger partial charge in [0.1, 0.15) is 10.7 Å². The first kappa shape index (κ1) is 19.9. The van der Waals surface area contributed by atoms with E-state index in [4.69, 9.17) is 0 Å². The van der Waals surface area contributed by atoms with Crippen LogP contribution in [0.4, 0.5) is 5.69 Å². The van der Waals surface area contributed by atoms with Crippen LogP contribution in [-0.4, -0.2) is 19.9 Å². The van der Waals surface area contributed by atoms with E-state index in [-0.39, 0.29) is 11.2 Å². The number of thiazole rings is 1. The number of nitrogens with one attached hydrogen (secondary N) is 1. The highest BCUT2D eigenvalue weighted by Crippen LogP contribution is 2.40. The third-order valence-corrected chi connectivity index (χ3v) is 8.20. The van der Waals surface area contributed by atoms with Gasteiger partial charge >= 0.3 is 0 Å². The summed E-state index contributed by atoms with van der Waals surface area (Å²) in [7, 11) is 0. The molecule has 3 aromatic heterocycles. The van der Waals surface area contributed by atoms with Crippen molar-refractivity contribution in [2.24, 2.45) is 0 Å². The fourth-order valence-electron chi connectivity index (χ4n) is 3.27. The molecule has 2 aromatic carbocycles. The van der Waals surface area contributed by atoms with Crippen LogP contribution in [-0.2, 0) is 0 Å². The summed E-state index contributed by atoms with van der Waals surface area (Å²) in [5.74, 6) is 0.318. The lowest BCUT2D eigenvalue weighted by Gasteiger charge is -2.05. The molecule has 0 atom stereocenters. The lowest BCUT2D eigenvalue weighted by molar-refractivity contribution is -0.387. The van der Waals surface area contributed by atoms with Crippen molar-refractivity contribution < 1.29 is 4.92 Å². The second kappa shape index (κ2) is 7.56. The first-order valence-corrected chi connectivity index (χ1v) is 11.7. The molecule has 0 unspecified atom stereocenters. The van der Waals surface area contributed by atoms with E-state index in [1.807, 2.05) is 38.1 Å². The van der Waals surface area contributed by atoms with E-state index in [1.165, 1.54) is 40.5 Å². The predicted molar refractivity (Wildman–Crippen MR) is 126 cm³/mol. The Kier molecular flexibility index (Phi) is 4.84. The number of benzene rings is 2. The summed E-state index contributed by atoms with van der Waals surface area (Å²) in [5.41, 5.74) is 1.98. The van der Waals surface area contributed by atoms with Gasteiger partial charge in [-0.3, -0.25) is 14.9 Å². The van der Waals surface area contributed by atoms with E-state index in [1.54, 1.807) is 12.1 Å². The predicted octanol–water partition coefficient (Wildman–Crippen LogP) is 5.94. The van der Waals surface area contributed by atoms with E-state index < -0.39 is 4.92 Å². The monoisotopic (exact) mass is 466 g/mol. The average molecular weight is 467 g/mol. The van der Waals surface area contributed by atoms with Gasteiger partial charge in [-0.2, -0.15) is 0 Å². The fraction of sp³-hybridized carbons (Fsp3) is 0.0952. The number of para-hydroxylation sites is 1. The van der Waals surface area contributed by atoms with Crippen LogP contribution in [0.3, 0.4) is 0 Å². The molecule has 10 heteroatoms. The molecule has 0 saturated heterocycles. The molecular weight excluding hydrogens is 452 g/mol. The number of aryl methyl sites for hydroxylation is 2. The summed E-state index contributed by atoms with van der Waals surface area (Å²) in [5, 5.41) is 12.4. The molecule has 0 saturated carbocycles. The number of thiophene rings is 1. The number of hydrogen-bond acceptors (Lipinski definition) is 8. The van der Waals surface area contributed by atoms with Crippen LogP contribution in [0.25, 0.3) is 31.8 Å². The van der Waals surface area contributed by atoms with Crippen LogP contribution < -0.4 is 5.56 Å². The fourth-order valence-corrected chi connectivity index (χ4v) is 6.41. The number of rotatable bonds is 4. The molecule has 31 heavy (non-hydrogen) atoms. The molecule has 0 amide bonds. The maximum atomic E-state index is 12.6. The van der Waals surface area contributed by atoms with E-state index in [0.717, 1.165) is 25.0 Å². The van der Waals surface area contributed by atoms with E-state index >= 15 is 0 Å². The molecule has 3 heterocycles. The molecule has 0 spiro atoms. The number of nitrogens with zero attached hydrogens (tertiary/aromatic N) is 3. The number of aromatic nitrogens is 3. The zero-order valence-electron chi connectivity index (χ0n) is 16.3. The maximum Gasteiger partial charge on any atom is 0.284 e. The highest BCUT2D eigenvalue weighted by atomic mass is 32.2. The number of nitro groups is 1. The van der Waals surface area contributed by atoms with Crippen LogP contribution >= 0.6 is 34.4 Å². The van der Waals surface area contributed by atoms with Crippen molar-refractivity contribution in [3.63, 3.8) is 0 Å². The molecular formula is C21H14N4O3S3. The van der Waals surface area contributed by atoms with Crippen LogP contribution in [0.5, 0.6) is 0 Å². The highest BCUT2D eigenvalue weighted by Gasteiger charge is 2.20. The summed E-state index contributed by atoms with van der Waals surface area (Å²) in [6.07, 6.45) is 0. The second-order valence-corrected chi connectivity index (χ2v) is 10.4. The molecule has 0 aliphatic heterocycles. The van der Waals surface area contributed by atoms with E-state index in [0.29, 0.717) is 26.5 Å². The van der Waals surface area contributed by atoms with Gasteiger partial charge < -0.3 is 4.98 Å². The Labute approximate surface area is 188 Å². The Morgan fingerprint density at radius 1 is 1.10 bits per heavy atom. The van der Waals surface area contributed by atoms with Gasteiger partial charge in [0.2, 0.25) is 0 Å². The van der Waals surface area contributed by atoms with Crippen molar-refractivity contribution in [3.05, 3.63) is 73.4 Å². The summed E-state index contributed by atoms with van der Waals surface area (Å²) in [6, 6.07) is 12.6. The minimum absolute atomic E-state index is 0.0527. The molecule has 0 aliphatic rings. The lowest BCUT2D eigenvalue weighted by Crippen LogP contribution is -2.09. The van der Waals surface area contributed by atoms with Crippen molar-refractivity contribution in [3.8, 4) is 11.4 Å². The molecule has 5 rings (SSSR count). The van der Waals surface area contributed by atoms with Crippen LogP contribution in [0, 0.1) is 24.0 Å². The molecule has 0 bridgehead atoms. The Bertz CT molecular complexity index is 1520. The SMILES string of the molecule is Cc1sc2nc(-c3ccc(Sc4nc5ccccc5s4)c([N+](=O)[O-])c3)[nH]c(=O)c2c1C. The Morgan fingerprint density at radius 2 is 1.90 bits per heavy atom. The number of hydrogen-bond donors (Lipinski definition) is 1. The Hall–Kier alpha value is -3.08. The standard InChI is InChI=1S/C21H14N4O3S3/c1-10-11(2)29-20-17(10)19(26)23-18(24-20)12-7-8-16(14(9-12)25(27)28)31-21-22-13-5-3-4-6-15(13)30-21/h3-9H,1-2H3,(H,23,24,26). The topological polar surface area (TPSA) is 102 Å². The third kappa shape index (κ3) is 3.52. The molecule has 7 nitrogen and oxygen atoms in total. The van der Waals surface area contributed by atoms with Crippen LogP contribution in [0.1, 0.15) is 10.4 Å². The average Bonchev–Trinajstić information content (AvgIpc) is 3.28. The van der Waals surface area contributed by atoms with Crippen molar-refractivity contribution in [1.82, 2.24) is 15.0 Å². The lowest BCUT2D eigenvalue weighted by atomic mass is 10.1. The zero-order chi connectivity index (χ0) is 21.7. The van der Waals surface area contributed by atoms with Crippen LogP contribution in [0.15, 0.2) is 56.5 Å². The number of aromatic amines is 1. The highest BCUT2D eigenvalue weighted by molar-refractivity contribution is 8.01. The largest absolute Gasteiger partial charge is 0.306 e. The second-order valence-electron chi connectivity index (χ2n) is 6.87. The summed E-state index contributed by atoms with van der Waals surface area (Å²) >= 11 is 4.19. The first-order valence-electron chi connectivity index (χ1n) is 9.23. The smallest absolute Gasteiger partial charge is 0.284 e. The van der Waals surface area contributed by atoms with E-state index in [2.05, 4.69) is 15.0 Å². The van der Waals surface area contributed by atoms with Crippen molar-refractivity contribution in [2.75, 3.05) is 0 Å². The van der Waals surface area contributed by atoms with E-state index in [9.17, 15) is 14.9 Å². The van der Waals surface area contributed by atoms with Gasteiger partial charge in [0.05, 0.1) is 25.4 Å². The minimum Gasteiger partial charge on any atom is -0.306 e. The van der Waals surface area contributed by atoms with Crippen LogP contribution in [0.2, 0.25) is 0 Å². The van der Waals surface area contributed by atoms with Gasteiger partial charge in [-0.25, -0.2) is 9.97 Å². The van der Waals surface area contributed by atoms with Gasteiger partial charge in [-0.05, 0) is 43.7 Å². The Balaban J connectivity index is 1.57. The first-order chi connectivity index (χ1) is 14.9.